The van der Waals surface area contributed by atoms with Gasteiger partial charge in [-0.1, -0.05) is 29.3 Å². The highest BCUT2D eigenvalue weighted by Gasteiger charge is 2.21. The van der Waals surface area contributed by atoms with Crippen molar-refractivity contribution in [1.82, 2.24) is 5.32 Å². The fourth-order valence-corrected chi connectivity index (χ4v) is 2.61. The fraction of sp³-hybridized carbons (Fsp3) is 0.176. The zero-order chi connectivity index (χ0) is 19.3. The third-order valence-corrected chi connectivity index (χ3v) is 3.70. The molecule has 0 heterocycles. The molecule has 26 heavy (non-hydrogen) atoms. The predicted octanol–water partition coefficient (Wildman–Crippen LogP) is 3.46. The van der Waals surface area contributed by atoms with E-state index in [1.54, 1.807) is 0 Å². The van der Waals surface area contributed by atoms with Gasteiger partial charge < -0.3 is 15.2 Å². The first-order chi connectivity index (χ1) is 12.2. The molecule has 9 heteroatoms. The number of carbonyl (C=O) groups is 2. The zero-order valence-electron chi connectivity index (χ0n) is 13.1. The Morgan fingerprint density at radius 1 is 1.08 bits per heavy atom. The second-order valence-electron chi connectivity index (χ2n) is 5.30. The summed E-state index contributed by atoms with van der Waals surface area (Å²) in [6.45, 7) is -0.474. The lowest BCUT2D eigenvalue weighted by atomic mass is 10.1. The normalized spacial score (nSPS) is 11.7. The molecule has 2 aromatic carbocycles. The zero-order valence-corrected chi connectivity index (χ0v) is 14.7. The van der Waals surface area contributed by atoms with E-state index in [4.69, 9.17) is 27.9 Å². The maximum atomic E-state index is 13.2. The summed E-state index contributed by atoms with van der Waals surface area (Å²) in [6.07, 6.45) is -0.221. The summed E-state index contributed by atoms with van der Waals surface area (Å²) in [5.74, 6) is -3.94. The van der Waals surface area contributed by atoms with Crippen LogP contribution in [0.1, 0.15) is 5.56 Å². The molecule has 0 radical (unpaired) electrons. The Morgan fingerprint density at radius 2 is 1.73 bits per heavy atom. The van der Waals surface area contributed by atoms with Gasteiger partial charge in [0.05, 0.1) is 0 Å². The Hall–Kier alpha value is -2.38. The van der Waals surface area contributed by atoms with Crippen molar-refractivity contribution in [2.45, 2.75) is 12.5 Å². The molecule has 0 spiro atoms. The van der Waals surface area contributed by atoms with Crippen LogP contribution in [0.2, 0.25) is 10.0 Å². The highest BCUT2D eigenvalue weighted by molar-refractivity contribution is 6.34. The molecule has 0 bridgehead atoms. The summed E-state index contributed by atoms with van der Waals surface area (Å²) in [6, 6.07) is 6.04. The SMILES string of the molecule is O=C(COc1cc(Cl)cc(Cl)c1)NC(Cc1ccc(F)c(F)c1)C(=O)O. The van der Waals surface area contributed by atoms with Gasteiger partial charge in [-0.15, -0.1) is 0 Å². The van der Waals surface area contributed by atoms with Crippen LogP contribution >= 0.6 is 23.2 Å². The van der Waals surface area contributed by atoms with Crippen molar-refractivity contribution in [3.05, 3.63) is 63.6 Å². The van der Waals surface area contributed by atoms with Crippen LogP contribution in [0.15, 0.2) is 36.4 Å². The minimum absolute atomic E-state index is 0.221. The molecule has 1 atom stereocenters. The second kappa shape index (κ2) is 8.82. The van der Waals surface area contributed by atoms with Crippen molar-refractivity contribution in [2.24, 2.45) is 0 Å². The number of hydrogen-bond donors (Lipinski definition) is 2. The van der Waals surface area contributed by atoms with Crippen LogP contribution in [0.3, 0.4) is 0 Å². The fourth-order valence-electron chi connectivity index (χ4n) is 2.10. The molecular weight excluding hydrogens is 391 g/mol. The molecule has 5 nitrogen and oxygen atoms in total. The van der Waals surface area contributed by atoms with Crippen LogP contribution in [0, 0.1) is 11.6 Å². The number of hydrogen-bond acceptors (Lipinski definition) is 3. The summed E-state index contributed by atoms with van der Waals surface area (Å²) in [4.78, 5) is 23.2. The van der Waals surface area contributed by atoms with Gasteiger partial charge in [-0.05, 0) is 35.9 Å². The quantitative estimate of drug-likeness (QED) is 0.741. The molecule has 2 aromatic rings. The highest BCUT2D eigenvalue weighted by atomic mass is 35.5. The molecule has 0 aliphatic heterocycles. The minimum Gasteiger partial charge on any atom is -0.484 e. The summed E-state index contributed by atoms with van der Waals surface area (Å²) >= 11 is 11.6. The van der Waals surface area contributed by atoms with E-state index >= 15 is 0 Å². The lowest BCUT2D eigenvalue weighted by Gasteiger charge is -2.15. The topological polar surface area (TPSA) is 75.6 Å². The maximum absolute atomic E-state index is 13.2. The average Bonchev–Trinajstić information content (AvgIpc) is 2.55. The first kappa shape index (κ1) is 19.9. The van der Waals surface area contributed by atoms with E-state index in [9.17, 15) is 23.5 Å². The van der Waals surface area contributed by atoms with Crippen molar-refractivity contribution in [1.29, 1.82) is 0 Å². The lowest BCUT2D eigenvalue weighted by molar-refractivity contribution is -0.142. The van der Waals surface area contributed by atoms with Gasteiger partial charge >= 0.3 is 5.97 Å². The number of rotatable bonds is 7. The van der Waals surface area contributed by atoms with Crippen LogP contribution in [0.4, 0.5) is 8.78 Å². The maximum Gasteiger partial charge on any atom is 0.326 e. The summed E-state index contributed by atoms with van der Waals surface area (Å²) in [7, 11) is 0. The molecule has 138 valence electrons. The number of halogens is 4. The standard InChI is InChI=1S/C17H13Cl2F2NO4/c18-10-5-11(19)7-12(6-10)26-8-16(23)22-15(17(24)25)4-9-1-2-13(20)14(21)3-9/h1-3,5-7,15H,4,8H2,(H,22,23)(H,24,25). The molecule has 0 fully saturated rings. The van der Waals surface area contributed by atoms with Gasteiger partial charge in [0.15, 0.2) is 18.2 Å². The Labute approximate surface area is 157 Å². The van der Waals surface area contributed by atoms with Gasteiger partial charge in [0, 0.05) is 16.5 Å². The first-order valence-corrected chi connectivity index (χ1v) is 8.05. The number of ether oxygens (including phenoxy) is 1. The molecular formula is C17H13Cl2F2NO4. The number of carbonyl (C=O) groups excluding carboxylic acids is 1. The molecule has 0 aromatic heterocycles. The van der Waals surface area contributed by atoms with Gasteiger partial charge in [-0.2, -0.15) is 0 Å². The summed E-state index contributed by atoms with van der Waals surface area (Å²) < 4.78 is 31.4. The van der Waals surface area contributed by atoms with Crippen LogP contribution in [-0.4, -0.2) is 29.6 Å². The van der Waals surface area contributed by atoms with Crippen molar-refractivity contribution >= 4 is 35.1 Å². The molecule has 2 rings (SSSR count). The van der Waals surface area contributed by atoms with Gasteiger partial charge in [-0.25, -0.2) is 13.6 Å². The van der Waals surface area contributed by atoms with Crippen LogP contribution in [0.5, 0.6) is 5.75 Å². The number of carboxylic acids is 1. The largest absolute Gasteiger partial charge is 0.484 e. The molecule has 1 unspecified atom stereocenters. The molecule has 0 aliphatic carbocycles. The number of carboxylic acid groups (broad SMARTS) is 1. The van der Waals surface area contributed by atoms with Crippen LogP contribution in [-0.2, 0) is 16.0 Å². The van der Waals surface area contributed by atoms with E-state index in [1.807, 2.05) is 0 Å². The molecule has 0 aliphatic rings. The average molecular weight is 404 g/mol. The van der Waals surface area contributed by atoms with E-state index in [0.717, 1.165) is 12.1 Å². The van der Waals surface area contributed by atoms with E-state index in [0.29, 0.717) is 10.0 Å². The van der Waals surface area contributed by atoms with E-state index in [1.165, 1.54) is 24.3 Å². The minimum atomic E-state index is -1.33. The molecule has 0 saturated heterocycles. The van der Waals surface area contributed by atoms with E-state index < -0.39 is 36.2 Å². The second-order valence-corrected chi connectivity index (χ2v) is 6.18. The van der Waals surface area contributed by atoms with Crippen molar-refractivity contribution in [3.8, 4) is 5.75 Å². The molecule has 1 amide bonds. The van der Waals surface area contributed by atoms with Crippen LogP contribution in [0.25, 0.3) is 0 Å². The van der Waals surface area contributed by atoms with Gasteiger partial charge in [0.25, 0.3) is 5.91 Å². The number of amides is 1. The van der Waals surface area contributed by atoms with Gasteiger partial charge in [-0.3, -0.25) is 4.79 Å². The number of benzene rings is 2. The van der Waals surface area contributed by atoms with Gasteiger partial charge in [0.1, 0.15) is 11.8 Å². The number of nitrogens with one attached hydrogen (secondary N) is 1. The van der Waals surface area contributed by atoms with Crippen LogP contribution < -0.4 is 10.1 Å². The van der Waals surface area contributed by atoms with E-state index in [2.05, 4.69) is 5.32 Å². The Balaban J connectivity index is 1.96. The summed E-state index contributed by atoms with van der Waals surface area (Å²) in [5.41, 5.74) is 0.221. The van der Waals surface area contributed by atoms with Gasteiger partial charge in [0.2, 0.25) is 0 Å². The molecule has 2 N–H and O–H groups in total. The van der Waals surface area contributed by atoms with Crippen molar-refractivity contribution in [2.75, 3.05) is 6.61 Å². The number of aliphatic carboxylic acids is 1. The predicted molar refractivity (Wildman–Crippen MR) is 91.6 cm³/mol. The van der Waals surface area contributed by atoms with Crippen molar-refractivity contribution in [3.63, 3.8) is 0 Å². The Morgan fingerprint density at radius 3 is 2.31 bits per heavy atom. The third-order valence-electron chi connectivity index (χ3n) is 3.26. The molecule has 0 saturated carbocycles. The highest BCUT2D eigenvalue weighted by Crippen LogP contribution is 2.24. The third kappa shape index (κ3) is 5.86. The Bertz CT molecular complexity index is 812. The smallest absolute Gasteiger partial charge is 0.326 e. The lowest BCUT2D eigenvalue weighted by Crippen LogP contribution is -2.44. The first-order valence-electron chi connectivity index (χ1n) is 7.29. The summed E-state index contributed by atoms with van der Waals surface area (Å²) in [5, 5.41) is 12.1. The monoisotopic (exact) mass is 403 g/mol. The van der Waals surface area contributed by atoms with E-state index in [-0.39, 0.29) is 17.7 Å². The van der Waals surface area contributed by atoms with Crippen molar-refractivity contribution < 1.29 is 28.2 Å². The Kier molecular flexibility index (Phi) is 6.76.